The van der Waals surface area contributed by atoms with Crippen LogP contribution in [0.2, 0.25) is 10.0 Å². The van der Waals surface area contributed by atoms with Gasteiger partial charge in [-0.1, -0.05) is 29.3 Å². The molecule has 1 heterocycles. The van der Waals surface area contributed by atoms with Gasteiger partial charge in [0, 0.05) is 10.0 Å². The van der Waals surface area contributed by atoms with Gasteiger partial charge in [0.2, 0.25) is 0 Å². The van der Waals surface area contributed by atoms with Crippen LogP contribution in [-0.2, 0) is 16.1 Å². The zero-order valence-electron chi connectivity index (χ0n) is 7.50. The van der Waals surface area contributed by atoms with Crippen molar-refractivity contribution in [1.82, 2.24) is 0 Å². The molecule has 76 valence electrons. The van der Waals surface area contributed by atoms with Crippen molar-refractivity contribution in [3.05, 3.63) is 33.8 Å². The van der Waals surface area contributed by atoms with E-state index in [9.17, 15) is 0 Å². The molecule has 0 aliphatic carbocycles. The van der Waals surface area contributed by atoms with E-state index in [0.717, 1.165) is 12.2 Å². The minimum absolute atomic E-state index is 0.293. The molecule has 1 saturated heterocycles. The summed E-state index contributed by atoms with van der Waals surface area (Å²) in [5.41, 5.74) is 0.955. The van der Waals surface area contributed by atoms with E-state index in [1.165, 1.54) is 0 Å². The van der Waals surface area contributed by atoms with Gasteiger partial charge in [0.25, 0.3) is 0 Å². The highest BCUT2D eigenvalue weighted by Crippen LogP contribution is 2.22. The average Bonchev–Trinajstić information content (AvgIpc) is 2.92. The molecule has 1 aliphatic heterocycles. The van der Waals surface area contributed by atoms with Crippen molar-refractivity contribution in [2.75, 3.05) is 13.2 Å². The smallest absolute Gasteiger partial charge is 0.104 e. The van der Waals surface area contributed by atoms with Gasteiger partial charge in [-0.25, -0.2) is 0 Å². The van der Waals surface area contributed by atoms with Crippen LogP contribution in [0.3, 0.4) is 0 Å². The Hall–Kier alpha value is -0.280. The number of benzene rings is 1. The van der Waals surface area contributed by atoms with Crippen LogP contribution < -0.4 is 0 Å². The van der Waals surface area contributed by atoms with Gasteiger partial charge in [-0.3, -0.25) is 0 Å². The van der Waals surface area contributed by atoms with E-state index < -0.39 is 0 Å². The molecule has 0 aromatic heterocycles. The van der Waals surface area contributed by atoms with Crippen molar-refractivity contribution in [1.29, 1.82) is 0 Å². The fourth-order valence-corrected chi connectivity index (χ4v) is 1.57. The molecule has 0 saturated carbocycles. The van der Waals surface area contributed by atoms with Gasteiger partial charge in [0.15, 0.2) is 0 Å². The molecule has 0 amide bonds. The molecule has 0 radical (unpaired) electrons. The van der Waals surface area contributed by atoms with Crippen LogP contribution >= 0.6 is 23.2 Å². The monoisotopic (exact) mass is 232 g/mol. The van der Waals surface area contributed by atoms with Gasteiger partial charge in [0.05, 0.1) is 19.8 Å². The maximum Gasteiger partial charge on any atom is 0.104 e. The molecule has 2 nitrogen and oxygen atoms in total. The number of epoxide rings is 1. The second-order valence-corrected chi connectivity index (χ2v) is 4.05. The lowest BCUT2D eigenvalue weighted by atomic mass is 10.2. The van der Waals surface area contributed by atoms with E-state index in [1.807, 2.05) is 6.07 Å². The third-order valence-corrected chi connectivity index (χ3v) is 2.57. The maximum atomic E-state index is 5.96. The van der Waals surface area contributed by atoms with Crippen LogP contribution in [0.15, 0.2) is 18.2 Å². The first kappa shape index (κ1) is 10.2. The standard InChI is InChI=1S/C10H10Cl2O2/c11-8-2-1-7(10(12)3-8)4-13-5-9-6-14-9/h1-3,9H,4-6H2. The summed E-state index contributed by atoms with van der Waals surface area (Å²) in [6.45, 7) is 1.96. The summed E-state index contributed by atoms with van der Waals surface area (Å²) < 4.78 is 10.4. The molecule has 1 aliphatic rings. The summed E-state index contributed by atoms with van der Waals surface area (Å²) in [6.07, 6.45) is 0.293. The van der Waals surface area contributed by atoms with Gasteiger partial charge in [0.1, 0.15) is 6.10 Å². The molecule has 0 N–H and O–H groups in total. The Morgan fingerprint density at radius 1 is 1.43 bits per heavy atom. The minimum atomic E-state index is 0.293. The predicted molar refractivity (Wildman–Crippen MR) is 55.9 cm³/mol. The number of hydrogen-bond donors (Lipinski definition) is 0. The summed E-state index contributed by atoms with van der Waals surface area (Å²) in [5.74, 6) is 0. The summed E-state index contributed by atoms with van der Waals surface area (Å²) >= 11 is 11.7. The Balaban J connectivity index is 1.87. The van der Waals surface area contributed by atoms with Crippen molar-refractivity contribution in [3.63, 3.8) is 0 Å². The number of halogens is 2. The lowest BCUT2D eigenvalue weighted by Gasteiger charge is -2.04. The Kier molecular flexibility index (Phi) is 3.29. The van der Waals surface area contributed by atoms with E-state index in [4.69, 9.17) is 32.7 Å². The molecule has 4 heteroatoms. The molecule has 1 fully saturated rings. The van der Waals surface area contributed by atoms with Crippen molar-refractivity contribution >= 4 is 23.2 Å². The van der Waals surface area contributed by atoms with E-state index in [-0.39, 0.29) is 0 Å². The molecule has 0 spiro atoms. The van der Waals surface area contributed by atoms with Crippen molar-refractivity contribution in [2.24, 2.45) is 0 Å². The Morgan fingerprint density at radius 2 is 2.21 bits per heavy atom. The summed E-state index contributed by atoms with van der Waals surface area (Å²) in [7, 11) is 0. The van der Waals surface area contributed by atoms with E-state index >= 15 is 0 Å². The molecular weight excluding hydrogens is 223 g/mol. The SMILES string of the molecule is Clc1ccc(COCC2CO2)c(Cl)c1. The zero-order valence-corrected chi connectivity index (χ0v) is 9.02. The van der Waals surface area contributed by atoms with Crippen molar-refractivity contribution in [3.8, 4) is 0 Å². The third kappa shape index (κ3) is 2.85. The largest absolute Gasteiger partial charge is 0.374 e. The molecule has 0 bridgehead atoms. The number of rotatable bonds is 4. The van der Waals surface area contributed by atoms with Crippen molar-refractivity contribution in [2.45, 2.75) is 12.7 Å². The van der Waals surface area contributed by atoms with Crippen molar-refractivity contribution < 1.29 is 9.47 Å². The fourth-order valence-electron chi connectivity index (χ4n) is 1.10. The third-order valence-electron chi connectivity index (χ3n) is 1.98. The number of hydrogen-bond acceptors (Lipinski definition) is 2. The first-order valence-electron chi connectivity index (χ1n) is 4.39. The Labute approximate surface area is 92.7 Å². The molecular formula is C10H10Cl2O2. The highest BCUT2D eigenvalue weighted by molar-refractivity contribution is 6.35. The van der Waals surface area contributed by atoms with Crippen LogP contribution in [-0.4, -0.2) is 19.3 Å². The summed E-state index contributed by atoms with van der Waals surface area (Å²) in [6, 6.07) is 5.40. The predicted octanol–water partition coefficient (Wildman–Crippen LogP) is 2.91. The van der Waals surface area contributed by atoms with E-state index in [2.05, 4.69) is 0 Å². The second-order valence-electron chi connectivity index (χ2n) is 3.21. The van der Waals surface area contributed by atoms with Gasteiger partial charge in [-0.05, 0) is 17.7 Å². The van der Waals surface area contributed by atoms with Gasteiger partial charge in [-0.2, -0.15) is 0 Å². The van der Waals surface area contributed by atoms with Gasteiger partial charge < -0.3 is 9.47 Å². The first-order valence-corrected chi connectivity index (χ1v) is 5.14. The molecule has 1 atom stereocenters. The summed E-state index contributed by atoms with van der Waals surface area (Å²) in [5, 5.41) is 1.29. The van der Waals surface area contributed by atoms with Gasteiger partial charge >= 0.3 is 0 Å². The Bertz CT molecular complexity index is 324. The second kappa shape index (κ2) is 4.49. The van der Waals surface area contributed by atoms with Crippen LogP contribution in [0, 0.1) is 0 Å². The topological polar surface area (TPSA) is 21.8 Å². The van der Waals surface area contributed by atoms with Crippen LogP contribution in [0.25, 0.3) is 0 Å². The quantitative estimate of drug-likeness (QED) is 0.746. The van der Waals surface area contributed by atoms with Crippen LogP contribution in [0.4, 0.5) is 0 Å². The molecule has 1 unspecified atom stereocenters. The lowest BCUT2D eigenvalue weighted by Crippen LogP contribution is -2.01. The first-order chi connectivity index (χ1) is 6.75. The molecule has 1 aromatic carbocycles. The highest BCUT2D eigenvalue weighted by Gasteiger charge is 2.22. The normalized spacial score (nSPS) is 19.7. The van der Waals surface area contributed by atoms with Crippen LogP contribution in [0.5, 0.6) is 0 Å². The summed E-state index contributed by atoms with van der Waals surface area (Å²) in [4.78, 5) is 0. The fraction of sp³-hybridized carbons (Fsp3) is 0.400. The number of ether oxygens (including phenoxy) is 2. The minimum Gasteiger partial charge on any atom is -0.374 e. The maximum absolute atomic E-state index is 5.96. The zero-order chi connectivity index (χ0) is 9.97. The van der Waals surface area contributed by atoms with E-state index in [1.54, 1.807) is 12.1 Å². The lowest BCUT2D eigenvalue weighted by molar-refractivity contribution is 0.104. The highest BCUT2D eigenvalue weighted by atomic mass is 35.5. The molecule has 14 heavy (non-hydrogen) atoms. The van der Waals surface area contributed by atoms with E-state index in [0.29, 0.717) is 29.4 Å². The van der Waals surface area contributed by atoms with Gasteiger partial charge in [-0.15, -0.1) is 0 Å². The Morgan fingerprint density at radius 3 is 2.86 bits per heavy atom. The molecule has 1 aromatic rings. The average molecular weight is 233 g/mol. The van der Waals surface area contributed by atoms with Crippen LogP contribution in [0.1, 0.15) is 5.56 Å². The molecule has 2 rings (SSSR count).